The highest BCUT2D eigenvalue weighted by Crippen LogP contribution is 2.32. The third-order valence-electron chi connectivity index (χ3n) is 2.78. The summed E-state index contributed by atoms with van der Waals surface area (Å²) >= 11 is 0. The largest absolute Gasteiger partial charge is 0.480 e. The Morgan fingerprint density at radius 2 is 2.17 bits per heavy atom. The van der Waals surface area contributed by atoms with Gasteiger partial charge in [-0.1, -0.05) is 0 Å². The summed E-state index contributed by atoms with van der Waals surface area (Å²) in [5.74, 6) is -0.932. The van der Waals surface area contributed by atoms with E-state index in [9.17, 15) is 9.59 Å². The Bertz CT molecular complexity index is 471. The topological polar surface area (TPSA) is 91.3 Å². The van der Waals surface area contributed by atoms with Crippen LogP contribution in [-0.4, -0.2) is 28.1 Å². The zero-order valence-electron chi connectivity index (χ0n) is 10.0. The predicted octanol–water partition coefficient (Wildman–Crippen LogP) is 1.37. The molecule has 18 heavy (non-hydrogen) atoms. The number of aromatic nitrogens is 1. The summed E-state index contributed by atoms with van der Waals surface area (Å²) in [5, 5.41) is 14.0. The quantitative estimate of drug-likeness (QED) is 0.751. The number of carbonyl (C=O) groups is 2. The molecule has 6 heteroatoms. The van der Waals surface area contributed by atoms with E-state index in [-0.39, 0.29) is 5.92 Å². The van der Waals surface area contributed by atoms with E-state index in [1.165, 1.54) is 6.20 Å². The summed E-state index contributed by atoms with van der Waals surface area (Å²) in [6.07, 6.45) is 4.89. The van der Waals surface area contributed by atoms with Crippen LogP contribution >= 0.6 is 0 Å². The molecule has 1 aliphatic carbocycles. The Hall–Kier alpha value is -2.11. The maximum atomic E-state index is 11.7. The van der Waals surface area contributed by atoms with Crippen LogP contribution in [0.25, 0.3) is 0 Å². The number of aryl methyl sites for hydroxylation is 1. The molecule has 0 bridgehead atoms. The molecule has 6 nitrogen and oxygen atoms in total. The van der Waals surface area contributed by atoms with Crippen LogP contribution in [0.5, 0.6) is 0 Å². The number of nitrogens with zero attached hydrogens (tertiary/aromatic N) is 1. The van der Waals surface area contributed by atoms with E-state index >= 15 is 0 Å². The Labute approximate surface area is 104 Å². The lowest BCUT2D eigenvalue weighted by atomic mass is 10.2. The molecule has 1 aromatic rings. The summed E-state index contributed by atoms with van der Waals surface area (Å²) in [6, 6.07) is 0.448. The Kier molecular flexibility index (Phi) is 3.45. The number of carbonyl (C=O) groups excluding carboxylic acids is 1. The van der Waals surface area contributed by atoms with E-state index < -0.39 is 18.0 Å². The van der Waals surface area contributed by atoms with Crippen LogP contribution in [0.1, 0.15) is 18.4 Å². The number of anilines is 1. The standard InChI is InChI=1S/C12H15N3O3/c1-7-4-9(6-13-5-7)14-12(18)15-10(11(16)17)8-2-3-8/h4-6,8,10H,2-3H2,1H3,(H,16,17)(H2,14,15,18). The Balaban J connectivity index is 1.93. The van der Waals surface area contributed by atoms with E-state index in [4.69, 9.17) is 5.11 Å². The van der Waals surface area contributed by atoms with Gasteiger partial charge in [-0.25, -0.2) is 9.59 Å². The van der Waals surface area contributed by atoms with E-state index in [0.29, 0.717) is 5.69 Å². The fraction of sp³-hybridized carbons (Fsp3) is 0.417. The second-order valence-electron chi connectivity index (χ2n) is 4.50. The average molecular weight is 249 g/mol. The monoisotopic (exact) mass is 249 g/mol. The Morgan fingerprint density at radius 3 is 2.72 bits per heavy atom. The highest BCUT2D eigenvalue weighted by Gasteiger charge is 2.37. The number of aliphatic carboxylic acids is 1. The van der Waals surface area contributed by atoms with Crippen molar-refractivity contribution in [2.75, 3.05) is 5.32 Å². The summed E-state index contributed by atoms with van der Waals surface area (Å²) in [4.78, 5) is 26.6. The van der Waals surface area contributed by atoms with Crippen LogP contribution in [-0.2, 0) is 4.79 Å². The minimum atomic E-state index is -0.991. The van der Waals surface area contributed by atoms with Crippen molar-refractivity contribution in [2.45, 2.75) is 25.8 Å². The molecule has 0 aliphatic heterocycles. The van der Waals surface area contributed by atoms with Gasteiger partial charge in [-0.3, -0.25) is 4.98 Å². The van der Waals surface area contributed by atoms with Crippen LogP contribution in [0, 0.1) is 12.8 Å². The molecular weight excluding hydrogens is 234 g/mol. The number of hydrogen-bond acceptors (Lipinski definition) is 3. The molecule has 0 radical (unpaired) electrons. The van der Waals surface area contributed by atoms with E-state index in [1.54, 1.807) is 12.3 Å². The van der Waals surface area contributed by atoms with Gasteiger partial charge in [0.2, 0.25) is 0 Å². The molecule has 1 fully saturated rings. The molecule has 1 atom stereocenters. The predicted molar refractivity (Wildman–Crippen MR) is 65.3 cm³/mol. The lowest BCUT2D eigenvalue weighted by Gasteiger charge is -2.14. The van der Waals surface area contributed by atoms with Crippen LogP contribution in [0.3, 0.4) is 0 Å². The van der Waals surface area contributed by atoms with Gasteiger partial charge in [0.1, 0.15) is 6.04 Å². The maximum absolute atomic E-state index is 11.7. The molecule has 0 spiro atoms. The van der Waals surface area contributed by atoms with E-state index in [1.807, 2.05) is 6.92 Å². The van der Waals surface area contributed by atoms with Crippen LogP contribution in [0.2, 0.25) is 0 Å². The molecule has 1 saturated carbocycles. The molecule has 3 N–H and O–H groups in total. The third-order valence-corrected chi connectivity index (χ3v) is 2.78. The fourth-order valence-electron chi connectivity index (χ4n) is 1.74. The minimum Gasteiger partial charge on any atom is -0.480 e. The van der Waals surface area contributed by atoms with Gasteiger partial charge in [0.05, 0.1) is 11.9 Å². The number of carboxylic acids is 1. The molecule has 0 aromatic carbocycles. The first kappa shape index (κ1) is 12.3. The molecule has 1 aromatic heterocycles. The van der Waals surface area contributed by atoms with Crippen molar-refractivity contribution >= 4 is 17.7 Å². The van der Waals surface area contributed by atoms with Gasteiger partial charge in [-0.05, 0) is 37.3 Å². The summed E-state index contributed by atoms with van der Waals surface area (Å²) < 4.78 is 0. The molecular formula is C12H15N3O3. The van der Waals surface area contributed by atoms with Crippen LogP contribution in [0.4, 0.5) is 10.5 Å². The molecule has 1 unspecified atom stereocenters. The van der Waals surface area contributed by atoms with Crippen LogP contribution < -0.4 is 10.6 Å². The summed E-state index contributed by atoms with van der Waals surface area (Å²) in [6.45, 7) is 1.86. The van der Waals surface area contributed by atoms with Crippen molar-refractivity contribution in [1.82, 2.24) is 10.3 Å². The van der Waals surface area contributed by atoms with Crippen molar-refractivity contribution in [3.63, 3.8) is 0 Å². The van der Waals surface area contributed by atoms with Gasteiger partial charge < -0.3 is 15.7 Å². The molecule has 1 heterocycles. The summed E-state index contributed by atoms with van der Waals surface area (Å²) in [7, 11) is 0. The fourth-order valence-corrected chi connectivity index (χ4v) is 1.74. The smallest absolute Gasteiger partial charge is 0.326 e. The zero-order valence-corrected chi connectivity index (χ0v) is 10.0. The number of pyridine rings is 1. The van der Waals surface area contributed by atoms with Crippen molar-refractivity contribution in [2.24, 2.45) is 5.92 Å². The molecule has 0 saturated heterocycles. The van der Waals surface area contributed by atoms with E-state index in [0.717, 1.165) is 18.4 Å². The minimum absolute atomic E-state index is 0.0592. The number of carboxylic acid groups (broad SMARTS) is 1. The highest BCUT2D eigenvalue weighted by atomic mass is 16.4. The number of urea groups is 1. The average Bonchev–Trinajstić information content (AvgIpc) is 3.09. The molecule has 1 aliphatic rings. The van der Waals surface area contributed by atoms with Gasteiger partial charge in [0.15, 0.2) is 0 Å². The first-order chi connectivity index (χ1) is 8.56. The molecule has 96 valence electrons. The van der Waals surface area contributed by atoms with Crippen molar-refractivity contribution < 1.29 is 14.7 Å². The van der Waals surface area contributed by atoms with Crippen molar-refractivity contribution in [3.8, 4) is 0 Å². The Morgan fingerprint density at radius 1 is 1.44 bits per heavy atom. The second-order valence-corrected chi connectivity index (χ2v) is 4.50. The van der Waals surface area contributed by atoms with Crippen molar-refractivity contribution in [1.29, 1.82) is 0 Å². The normalized spacial score (nSPS) is 15.8. The highest BCUT2D eigenvalue weighted by molar-refractivity contribution is 5.92. The maximum Gasteiger partial charge on any atom is 0.326 e. The number of hydrogen-bond donors (Lipinski definition) is 3. The number of nitrogens with one attached hydrogen (secondary N) is 2. The number of rotatable bonds is 4. The second kappa shape index (κ2) is 5.03. The number of amides is 2. The van der Waals surface area contributed by atoms with E-state index in [2.05, 4.69) is 15.6 Å². The molecule has 2 amide bonds. The molecule has 2 rings (SSSR count). The zero-order chi connectivity index (χ0) is 13.1. The lowest BCUT2D eigenvalue weighted by molar-refractivity contribution is -0.139. The SMILES string of the molecule is Cc1cncc(NC(=O)NC(C(=O)O)C2CC2)c1. The van der Waals surface area contributed by atoms with Gasteiger partial charge in [-0.15, -0.1) is 0 Å². The summed E-state index contributed by atoms with van der Waals surface area (Å²) in [5.41, 5.74) is 1.47. The third kappa shape index (κ3) is 3.19. The first-order valence-corrected chi connectivity index (χ1v) is 5.78. The van der Waals surface area contributed by atoms with Gasteiger partial charge in [0.25, 0.3) is 0 Å². The van der Waals surface area contributed by atoms with Crippen LogP contribution in [0.15, 0.2) is 18.5 Å². The van der Waals surface area contributed by atoms with Gasteiger partial charge >= 0.3 is 12.0 Å². The van der Waals surface area contributed by atoms with Crippen molar-refractivity contribution in [3.05, 3.63) is 24.0 Å². The van der Waals surface area contributed by atoms with Gasteiger partial charge in [-0.2, -0.15) is 0 Å². The van der Waals surface area contributed by atoms with Gasteiger partial charge in [0, 0.05) is 6.20 Å². The lowest BCUT2D eigenvalue weighted by Crippen LogP contribution is -2.44. The first-order valence-electron chi connectivity index (χ1n) is 5.78.